The molecular formula is C18H19N5O. The van der Waals surface area contributed by atoms with E-state index in [0.717, 1.165) is 30.2 Å². The van der Waals surface area contributed by atoms with Crippen LogP contribution in [0.1, 0.15) is 29.5 Å². The maximum absolute atomic E-state index is 10.3. The summed E-state index contributed by atoms with van der Waals surface area (Å²) in [6.07, 6.45) is 0.306. The topological polar surface area (TPSA) is 67.1 Å². The molecule has 1 unspecified atom stereocenters. The van der Waals surface area contributed by atoms with Gasteiger partial charge in [-0.1, -0.05) is 42.5 Å². The average molecular weight is 321 g/mol. The lowest BCUT2D eigenvalue weighted by Crippen LogP contribution is -2.25. The number of hydrogen-bond acceptors (Lipinski definition) is 5. The number of benzene rings is 2. The highest BCUT2D eigenvalue weighted by molar-refractivity contribution is 5.31. The first-order valence-electron chi connectivity index (χ1n) is 8.12. The number of aliphatic hydroxyl groups excluding tert-OH is 1. The van der Waals surface area contributed by atoms with Gasteiger partial charge in [0.2, 0.25) is 0 Å². The highest BCUT2D eigenvalue weighted by Gasteiger charge is 2.22. The lowest BCUT2D eigenvalue weighted by atomic mass is 10.0. The van der Waals surface area contributed by atoms with Crippen LogP contribution in [-0.2, 0) is 13.1 Å². The van der Waals surface area contributed by atoms with Crippen molar-refractivity contribution >= 4 is 0 Å². The van der Waals surface area contributed by atoms with Crippen molar-refractivity contribution in [2.24, 2.45) is 0 Å². The average Bonchev–Trinajstić information content (AvgIpc) is 3.02. The first-order valence-corrected chi connectivity index (χ1v) is 8.12. The van der Waals surface area contributed by atoms with Crippen molar-refractivity contribution in [3.63, 3.8) is 0 Å². The summed E-state index contributed by atoms with van der Waals surface area (Å²) in [5, 5.41) is 22.5. The Hall–Kier alpha value is -2.57. The van der Waals surface area contributed by atoms with Crippen molar-refractivity contribution in [2.75, 3.05) is 6.54 Å². The van der Waals surface area contributed by atoms with Crippen LogP contribution in [0.3, 0.4) is 0 Å². The number of para-hydroxylation sites is 1. The maximum atomic E-state index is 10.3. The molecule has 0 saturated heterocycles. The van der Waals surface area contributed by atoms with Gasteiger partial charge in [-0.2, -0.15) is 4.68 Å². The summed E-state index contributed by atoms with van der Waals surface area (Å²) in [4.78, 5) is 2.28. The van der Waals surface area contributed by atoms with E-state index in [2.05, 4.69) is 26.5 Å². The summed E-state index contributed by atoms with van der Waals surface area (Å²) in [6.45, 7) is 2.23. The van der Waals surface area contributed by atoms with Crippen LogP contribution in [0.5, 0.6) is 0 Å². The molecule has 1 aliphatic rings. The molecule has 24 heavy (non-hydrogen) atoms. The van der Waals surface area contributed by atoms with Crippen molar-refractivity contribution in [1.29, 1.82) is 0 Å². The number of fused-ring (bicyclic) bond motifs is 1. The Kier molecular flexibility index (Phi) is 4.06. The van der Waals surface area contributed by atoms with Gasteiger partial charge >= 0.3 is 0 Å². The zero-order chi connectivity index (χ0) is 16.4. The fourth-order valence-corrected chi connectivity index (χ4v) is 3.19. The number of nitrogens with zero attached hydrogens (tertiary/aromatic N) is 5. The molecule has 0 fully saturated rings. The van der Waals surface area contributed by atoms with Gasteiger partial charge in [0.15, 0.2) is 5.82 Å². The number of aromatic nitrogens is 4. The summed E-state index contributed by atoms with van der Waals surface area (Å²) >= 11 is 0. The van der Waals surface area contributed by atoms with Crippen molar-refractivity contribution < 1.29 is 5.11 Å². The fraction of sp³-hybridized carbons (Fsp3) is 0.278. The Balaban J connectivity index is 1.58. The molecule has 0 amide bonds. The fourth-order valence-electron chi connectivity index (χ4n) is 3.19. The minimum Gasteiger partial charge on any atom is -0.388 e. The molecule has 1 aliphatic heterocycles. The monoisotopic (exact) mass is 321 g/mol. The quantitative estimate of drug-likeness (QED) is 0.800. The van der Waals surface area contributed by atoms with Crippen LogP contribution in [0.4, 0.5) is 0 Å². The van der Waals surface area contributed by atoms with Crippen LogP contribution in [0.2, 0.25) is 0 Å². The molecule has 0 aliphatic carbocycles. The molecular weight excluding hydrogens is 302 g/mol. The van der Waals surface area contributed by atoms with Crippen LogP contribution in [-0.4, -0.2) is 36.8 Å². The van der Waals surface area contributed by atoms with Crippen molar-refractivity contribution in [3.05, 3.63) is 71.5 Å². The summed E-state index contributed by atoms with van der Waals surface area (Å²) in [6, 6.07) is 18.0. The van der Waals surface area contributed by atoms with Gasteiger partial charge in [-0.3, -0.25) is 4.90 Å². The van der Waals surface area contributed by atoms with Gasteiger partial charge in [-0.15, -0.1) is 5.10 Å². The van der Waals surface area contributed by atoms with Crippen molar-refractivity contribution in [3.8, 4) is 5.69 Å². The van der Waals surface area contributed by atoms with Crippen molar-refractivity contribution in [1.82, 2.24) is 25.1 Å². The standard InChI is InChI=1S/C18H19N5O/c24-17-10-11-22(12-14-6-4-5-9-16(14)17)13-18-19-20-21-23(18)15-7-2-1-3-8-15/h1-9,17,24H,10-13H2. The molecule has 1 atom stereocenters. The molecule has 4 rings (SSSR count). The Morgan fingerprint density at radius 1 is 1.04 bits per heavy atom. The normalized spacial score (nSPS) is 18.1. The minimum absolute atomic E-state index is 0.406. The molecule has 0 spiro atoms. The second-order valence-electron chi connectivity index (χ2n) is 6.06. The van der Waals surface area contributed by atoms with Crippen LogP contribution in [0, 0.1) is 0 Å². The Morgan fingerprint density at radius 3 is 2.71 bits per heavy atom. The second-order valence-corrected chi connectivity index (χ2v) is 6.06. The molecule has 1 aromatic heterocycles. The van der Waals surface area contributed by atoms with E-state index in [9.17, 15) is 5.11 Å². The first kappa shape index (κ1) is 15.0. The largest absolute Gasteiger partial charge is 0.388 e. The summed E-state index contributed by atoms with van der Waals surface area (Å²) in [5.74, 6) is 0.801. The highest BCUT2D eigenvalue weighted by Crippen LogP contribution is 2.27. The SMILES string of the molecule is OC1CCN(Cc2nnnn2-c2ccccc2)Cc2ccccc21. The first-order chi connectivity index (χ1) is 11.8. The van der Waals surface area contributed by atoms with Gasteiger partial charge in [0.05, 0.1) is 18.3 Å². The van der Waals surface area contributed by atoms with E-state index in [4.69, 9.17) is 0 Å². The number of aliphatic hydroxyl groups is 1. The molecule has 6 heteroatoms. The Bertz CT molecular complexity index is 817. The zero-order valence-corrected chi connectivity index (χ0v) is 13.3. The molecule has 2 heterocycles. The lowest BCUT2D eigenvalue weighted by Gasteiger charge is -2.19. The number of tetrazole rings is 1. The molecule has 0 saturated carbocycles. The van der Waals surface area contributed by atoms with E-state index in [-0.39, 0.29) is 0 Å². The minimum atomic E-state index is -0.406. The lowest BCUT2D eigenvalue weighted by molar-refractivity contribution is 0.148. The van der Waals surface area contributed by atoms with E-state index in [1.54, 1.807) is 4.68 Å². The molecule has 3 aromatic rings. The smallest absolute Gasteiger partial charge is 0.170 e. The van der Waals surface area contributed by atoms with Crippen LogP contribution >= 0.6 is 0 Å². The van der Waals surface area contributed by atoms with Crippen molar-refractivity contribution in [2.45, 2.75) is 25.6 Å². The van der Waals surface area contributed by atoms with Gasteiger partial charge in [-0.05, 0) is 40.1 Å². The summed E-state index contributed by atoms with van der Waals surface area (Å²) < 4.78 is 1.77. The van der Waals surface area contributed by atoms with Crippen LogP contribution < -0.4 is 0 Å². The van der Waals surface area contributed by atoms with Crippen LogP contribution in [0.15, 0.2) is 54.6 Å². The molecule has 6 nitrogen and oxygen atoms in total. The number of rotatable bonds is 3. The van der Waals surface area contributed by atoms with Gasteiger partial charge in [0.25, 0.3) is 0 Å². The molecule has 122 valence electrons. The van der Waals surface area contributed by atoms with E-state index >= 15 is 0 Å². The third-order valence-corrected chi connectivity index (χ3v) is 4.43. The van der Waals surface area contributed by atoms with Crippen LogP contribution in [0.25, 0.3) is 5.69 Å². The van der Waals surface area contributed by atoms with E-state index in [1.807, 2.05) is 48.5 Å². The molecule has 0 bridgehead atoms. The van der Waals surface area contributed by atoms with Gasteiger partial charge in [0.1, 0.15) is 0 Å². The predicted octanol–water partition coefficient (Wildman–Crippen LogP) is 2.10. The third-order valence-electron chi connectivity index (χ3n) is 4.43. The number of hydrogen-bond donors (Lipinski definition) is 1. The summed E-state index contributed by atoms with van der Waals surface area (Å²) in [5.41, 5.74) is 3.15. The van der Waals surface area contributed by atoms with Gasteiger partial charge in [-0.25, -0.2) is 0 Å². The van der Waals surface area contributed by atoms with Gasteiger partial charge in [0, 0.05) is 13.1 Å². The Labute approximate surface area is 140 Å². The zero-order valence-electron chi connectivity index (χ0n) is 13.3. The van der Waals surface area contributed by atoms with Gasteiger partial charge < -0.3 is 5.11 Å². The molecule has 0 radical (unpaired) electrons. The molecule has 2 aromatic carbocycles. The predicted molar refractivity (Wildman–Crippen MR) is 89.3 cm³/mol. The van der Waals surface area contributed by atoms with E-state index in [1.165, 1.54) is 5.56 Å². The third kappa shape index (κ3) is 2.93. The molecule has 1 N–H and O–H groups in total. The maximum Gasteiger partial charge on any atom is 0.170 e. The van der Waals surface area contributed by atoms with E-state index < -0.39 is 6.10 Å². The van der Waals surface area contributed by atoms with E-state index in [0.29, 0.717) is 13.0 Å². The Morgan fingerprint density at radius 2 is 1.83 bits per heavy atom. The second kappa shape index (κ2) is 6.51. The highest BCUT2D eigenvalue weighted by atomic mass is 16.3. The summed E-state index contributed by atoms with van der Waals surface area (Å²) in [7, 11) is 0.